The quantitative estimate of drug-likeness (QED) is 0.670. The van der Waals surface area contributed by atoms with Gasteiger partial charge in [0.15, 0.2) is 5.78 Å². The molecule has 2 heteroatoms. The van der Waals surface area contributed by atoms with Gasteiger partial charge in [-0.2, -0.15) is 0 Å². The van der Waals surface area contributed by atoms with Crippen molar-refractivity contribution in [2.24, 2.45) is 28.6 Å². The molecule has 0 spiro atoms. The van der Waals surface area contributed by atoms with Gasteiger partial charge >= 0.3 is 0 Å². The largest absolute Gasteiger partial charge is 0.299 e. The number of hydrogen-bond donors (Lipinski definition) is 0. The third-order valence-corrected chi connectivity index (χ3v) is 7.64. The van der Waals surface area contributed by atoms with Crippen molar-refractivity contribution in [1.82, 2.24) is 0 Å². The lowest BCUT2D eigenvalue weighted by molar-refractivity contribution is -0.132. The van der Waals surface area contributed by atoms with Crippen molar-refractivity contribution >= 4 is 11.6 Å². The highest BCUT2D eigenvalue weighted by Crippen LogP contribution is 2.65. The van der Waals surface area contributed by atoms with E-state index < -0.39 is 0 Å². The fraction of sp³-hybridized carbons (Fsp3) is 0.700. The van der Waals surface area contributed by atoms with E-state index >= 15 is 0 Å². The molecule has 118 valence electrons. The molecule has 5 atom stereocenters. The first-order valence-electron chi connectivity index (χ1n) is 8.83. The van der Waals surface area contributed by atoms with Crippen LogP contribution < -0.4 is 0 Å². The summed E-state index contributed by atoms with van der Waals surface area (Å²) in [7, 11) is 0. The number of allylic oxidation sites excluding steroid dienone is 2. The van der Waals surface area contributed by atoms with Gasteiger partial charge < -0.3 is 0 Å². The van der Waals surface area contributed by atoms with Crippen LogP contribution in [0, 0.1) is 28.6 Å². The summed E-state index contributed by atoms with van der Waals surface area (Å²) in [4.78, 5) is 24.3. The first-order chi connectivity index (χ1) is 10.4. The molecule has 22 heavy (non-hydrogen) atoms. The number of Topliss-reactive ketones (excluding diaryl/α,β-unsaturated/α-hetero) is 1. The van der Waals surface area contributed by atoms with Crippen LogP contribution in [0.3, 0.4) is 0 Å². The van der Waals surface area contributed by atoms with Crippen molar-refractivity contribution in [2.45, 2.75) is 58.8 Å². The summed E-state index contributed by atoms with van der Waals surface area (Å²) in [6, 6.07) is 0. The van der Waals surface area contributed by atoms with Crippen molar-refractivity contribution < 1.29 is 9.59 Å². The van der Waals surface area contributed by atoms with Gasteiger partial charge in [0.1, 0.15) is 5.78 Å². The number of carbonyl (C=O) groups is 2. The molecule has 0 aromatic carbocycles. The van der Waals surface area contributed by atoms with E-state index in [0.29, 0.717) is 30.0 Å². The summed E-state index contributed by atoms with van der Waals surface area (Å²) in [5, 5.41) is 0. The van der Waals surface area contributed by atoms with Crippen LogP contribution in [0.4, 0.5) is 0 Å². The molecule has 0 aromatic heterocycles. The minimum Gasteiger partial charge on any atom is -0.299 e. The van der Waals surface area contributed by atoms with Gasteiger partial charge in [-0.1, -0.05) is 26.0 Å². The SMILES string of the molecule is C=C1C[C@@H]2[C@H]3CCC(=O)[C@]3(C)CC[C@H]2[C@]2(C)CCC(=O)C=C12. The maximum atomic E-state index is 12.4. The van der Waals surface area contributed by atoms with E-state index in [4.69, 9.17) is 0 Å². The smallest absolute Gasteiger partial charge is 0.156 e. The highest BCUT2D eigenvalue weighted by molar-refractivity contribution is 5.92. The lowest BCUT2D eigenvalue weighted by atomic mass is 9.47. The zero-order valence-corrected chi connectivity index (χ0v) is 13.8. The van der Waals surface area contributed by atoms with Crippen molar-refractivity contribution in [2.75, 3.05) is 0 Å². The summed E-state index contributed by atoms with van der Waals surface area (Å²) in [5.41, 5.74) is 2.43. The van der Waals surface area contributed by atoms with Crippen molar-refractivity contribution in [1.29, 1.82) is 0 Å². The van der Waals surface area contributed by atoms with Crippen LogP contribution in [0.15, 0.2) is 23.8 Å². The van der Waals surface area contributed by atoms with Gasteiger partial charge in [0.05, 0.1) is 0 Å². The molecule has 4 aliphatic carbocycles. The van der Waals surface area contributed by atoms with Gasteiger partial charge in [0.2, 0.25) is 0 Å². The molecule has 0 heterocycles. The highest BCUT2D eigenvalue weighted by atomic mass is 16.1. The topological polar surface area (TPSA) is 34.1 Å². The summed E-state index contributed by atoms with van der Waals surface area (Å²) in [6.07, 6.45) is 8.54. The van der Waals surface area contributed by atoms with Gasteiger partial charge in [-0.25, -0.2) is 0 Å². The Bertz CT molecular complexity index is 613. The predicted molar refractivity (Wildman–Crippen MR) is 86.2 cm³/mol. The molecule has 0 amide bonds. The second-order valence-electron chi connectivity index (χ2n) is 8.54. The average Bonchev–Trinajstić information content (AvgIpc) is 2.77. The molecular formula is C20H26O2. The maximum absolute atomic E-state index is 12.4. The lowest BCUT2D eigenvalue weighted by Gasteiger charge is -2.57. The third-order valence-electron chi connectivity index (χ3n) is 7.64. The summed E-state index contributed by atoms with van der Waals surface area (Å²) >= 11 is 0. The number of fused-ring (bicyclic) bond motifs is 5. The van der Waals surface area contributed by atoms with Crippen LogP contribution in [0.1, 0.15) is 58.8 Å². The molecule has 0 aromatic rings. The van der Waals surface area contributed by atoms with Crippen LogP contribution >= 0.6 is 0 Å². The second kappa shape index (κ2) is 4.43. The van der Waals surface area contributed by atoms with E-state index in [9.17, 15) is 9.59 Å². The fourth-order valence-electron chi connectivity index (χ4n) is 6.34. The van der Waals surface area contributed by atoms with Crippen molar-refractivity contribution in [3.05, 3.63) is 23.8 Å². The Labute approximate surface area is 133 Å². The molecule has 0 radical (unpaired) electrons. The zero-order valence-electron chi connectivity index (χ0n) is 13.8. The van der Waals surface area contributed by atoms with Crippen LogP contribution in [0.25, 0.3) is 0 Å². The van der Waals surface area contributed by atoms with Crippen molar-refractivity contribution in [3.8, 4) is 0 Å². The van der Waals surface area contributed by atoms with Gasteiger partial charge in [0.25, 0.3) is 0 Å². The fourth-order valence-corrected chi connectivity index (χ4v) is 6.34. The zero-order chi connectivity index (χ0) is 15.7. The molecule has 0 aliphatic heterocycles. The molecule has 2 nitrogen and oxygen atoms in total. The van der Waals surface area contributed by atoms with Gasteiger partial charge in [-0.05, 0) is 66.9 Å². The van der Waals surface area contributed by atoms with E-state index in [2.05, 4.69) is 20.4 Å². The van der Waals surface area contributed by atoms with Crippen LogP contribution in [0.2, 0.25) is 0 Å². The number of ketones is 2. The first kappa shape index (κ1) is 14.4. The minimum atomic E-state index is -0.0799. The Morgan fingerprint density at radius 3 is 2.55 bits per heavy atom. The Kier molecular flexibility index (Phi) is 2.90. The van der Waals surface area contributed by atoms with E-state index in [1.807, 2.05) is 6.08 Å². The number of hydrogen-bond acceptors (Lipinski definition) is 2. The summed E-state index contributed by atoms with van der Waals surface area (Å²) in [6.45, 7) is 8.89. The molecule has 3 saturated carbocycles. The highest BCUT2D eigenvalue weighted by Gasteiger charge is 2.59. The lowest BCUT2D eigenvalue weighted by Crippen LogP contribution is -2.51. The number of rotatable bonds is 0. The van der Waals surface area contributed by atoms with Gasteiger partial charge in [-0.15, -0.1) is 0 Å². The third kappa shape index (κ3) is 1.67. The molecule has 3 fully saturated rings. The van der Waals surface area contributed by atoms with Gasteiger partial charge in [0, 0.05) is 18.3 Å². The molecule has 4 rings (SSSR count). The van der Waals surface area contributed by atoms with E-state index in [-0.39, 0.29) is 16.6 Å². The van der Waals surface area contributed by atoms with Crippen molar-refractivity contribution in [3.63, 3.8) is 0 Å². The monoisotopic (exact) mass is 298 g/mol. The van der Waals surface area contributed by atoms with Crippen LogP contribution in [-0.4, -0.2) is 11.6 Å². The van der Waals surface area contributed by atoms with Crippen LogP contribution in [-0.2, 0) is 9.59 Å². The molecule has 0 bridgehead atoms. The molecule has 4 aliphatic rings. The van der Waals surface area contributed by atoms with E-state index in [1.165, 1.54) is 11.1 Å². The second-order valence-corrected chi connectivity index (χ2v) is 8.54. The Balaban J connectivity index is 1.76. The maximum Gasteiger partial charge on any atom is 0.156 e. The minimum absolute atomic E-state index is 0.0799. The van der Waals surface area contributed by atoms with Gasteiger partial charge in [-0.3, -0.25) is 9.59 Å². The Morgan fingerprint density at radius 2 is 1.77 bits per heavy atom. The Morgan fingerprint density at radius 1 is 1.05 bits per heavy atom. The standard InChI is InChI=1S/C20H26O2/c1-12-10-14-15-4-5-18(22)20(15,3)9-7-16(14)19(2)8-6-13(21)11-17(12)19/h11,14-16H,1,4-10H2,2-3H3/t14-,15-,16-,19+,20-/m1/s1. The predicted octanol–water partition coefficient (Wildman–Crippen LogP) is 4.25. The summed E-state index contributed by atoms with van der Waals surface area (Å²) in [5.74, 6) is 2.51. The van der Waals surface area contributed by atoms with Crippen LogP contribution in [0.5, 0.6) is 0 Å². The Hall–Kier alpha value is -1.18. The molecular weight excluding hydrogens is 272 g/mol. The molecule has 0 saturated heterocycles. The normalized spacial score (nSPS) is 47.6. The van der Waals surface area contributed by atoms with E-state index in [1.54, 1.807) is 0 Å². The molecule has 0 N–H and O–H groups in total. The van der Waals surface area contributed by atoms with E-state index in [0.717, 1.165) is 38.5 Å². The number of carbonyl (C=O) groups excluding carboxylic acids is 2. The first-order valence-corrected chi connectivity index (χ1v) is 8.83. The average molecular weight is 298 g/mol. The molecule has 0 unspecified atom stereocenters. The summed E-state index contributed by atoms with van der Waals surface area (Å²) < 4.78 is 0.